The quantitative estimate of drug-likeness (QED) is 0.406. The molecule has 0 aliphatic carbocycles. The Bertz CT molecular complexity index is 308. The van der Waals surface area contributed by atoms with Gasteiger partial charge in [0.15, 0.2) is 0 Å². The van der Waals surface area contributed by atoms with E-state index in [1.54, 1.807) is 5.57 Å². The van der Waals surface area contributed by atoms with E-state index in [2.05, 4.69) is 50.3 Å². The lowest BCUT2D eigenvalue weighted by atomic mass is 10.0. The molecule has 0 spiro atoms. The zero-order valence-corrected chi connectivity index (χ0v) is 11.4. The van der Waals surface area contributed by atoms with Crippen LogP contribution in [-0.2, 0) is 6.42 Å². The van der Waals surface area contributed by atoms with Crippen molar-refractivity contribution in [3.63, 3.8) is 0 Å². The molecule has 0 saturated carbocycles. The van der Waals surface area contributed by atoms with E-state index < -0.39 is 0 Å². The van der Waals surface area contributed by atoms with Crippen LogP contribution in [0.2, 0.25) is 0 Å². The van der Waals surface area contributed by atoms with E-state index in [-0.39, 0.29) is 0 Å². The Morgan fingerprint density at radius 2 is 1.82 bits per heavy atom. The standard InChI is InChI=1S/C17H26/c1-3-4-5-7-11-16(2)12-10-15-17-13-8-6-9-14-17/h6,8-9,12-14H,3-5,7,10-11,15H2,1-2H3/b16-12-. The molecule has 17 heavy (non-hydrogen) atoms. The fourth-order valence-electron chi connectivity index (χ4n) is 2.06. The molecule has 1 rings (SSSR count). The molecule has 0 aromatic heterocycles. The lowest BCUT2D eigenvalue weighted by Crippen LogP contribution is -1.84. The van der Waals surface area contributed by atoms with Crippen molar-refractivity contribution >= 4 is 0 Å². The van der Waals surface area contributed by atoms with Crippen molar-refractivity contribution in [1.82, 2.24) is 0 Å². The van der Waals surface area contributed by atoms with Crippen LogP contribution < -0.4 is 0 Å². The summed E-state index contributed by atoms with van der Waals surface area (Å²) in [6, 6.07) is 10.8. The molecular weight excluding hydrogens is 204 g/mol. The van der Waals surface area contributed by atoms with Gasteiger partial charge < -0.3 is 0 Å². The molecule has 0 N–H and O–H groups in total. The molecule has 0 aliphatic heterocycles. The maximum absolute atomic E-state index is 2.42. The first-order chi connectivity index (χ1) is 8.33. The zero-order chi connectivity index (χ0) is 12.3. The fraction of sp³-hybridized carbons (Fsp3) is 0.529. The van der Waals surface area contributed by atoms with Gasteiger partial charge in [-0.1, -0.05) is 68.2 Å². The Labute approximate surface area is 107 Å². The Kier molecular flexibility index (Phi) is 7.46. The topological polar surface area (TPSA) is 0 Å². The number of unbranched alkanes of at least 4 members (excludes halogenated alkanes) is 3. The number of benzene rings is 1. The molecule has 0 atom stereocenters. The third-order valence-electron chi connectivity index (χ3n) is 3.19. The minimum atomic E-state index is 1.17. The molecule has 0 saturated heterocycles. The summed E-state index contributed by atoms with van der Waals surface area (Å²) in [6.07, 6.45) is 11.5. The van der Waals surface area contributed by atoms with Gasteiger partial charge in [0.2, 0.25) is 0 Å². The molecule has 0 unspecified atom stereocenters. The van der Waals surface area contributed by atoms with Crippen LogP contribution in [0.25, 0.3) is 0 Å². The second-order valence-corrected chi connectivity index (χ2v) is 4.89. The van der Waals surface area contributed by atoms with E-state index in [0.717, 1.165) is 0 Å². The third kappa shape index (κ3) is 6.99. The molecule has 0 aliphatic rings. The minimum Gasteiger partial charge on any atom is -0.0853 e. The Balaban J connectivity index is 2.15. The van der Waals surface area contributed by atoms with E-state index in [0.29, 0.717) is 0 Å². The molecule has 0 bridgehead atoms. The minimum absolute atomic E-state index is 1.17. The number of aryl methyl sites for hydroxylation is 1. The van der Waals surface area contributed by atoms with Crippen LogP contribution >= 0.6 is 0 Å². The number of hydrogen-bond donors (Lipinski definition) is 0. The van der Waals surface area contributed by atoms with Gasteiger partial charge in [0.05, 0.1) is 0 Å². The molecule has 0 heterocycles. The molecule has 1 aromatic carbocycles. The highest BCUT2D eigenvalue weighted by atomic mass is 14.0. The molecule has 0 amide bonds. The highest BCUT2D eigenvalue weighted by Crippen LogP contribution is 2.11. The van der Waals surface area contributed by atoms with Gasteiger partial charge in [-0.3, -0.25) is 0 Å². The average molecular weight is 230 g/mol. The van der Waals surface area contributed by atoms with Crippen LogP contribution in [0.1, 0.15) is 57.9 Å². The normalized spacial score (nSPS) is 11.8. The maximum Gasteiger partial charge on any atom is -0.0244 e. The van der Waals surface area contributed by atoms with Crippen molar-refractivity contribution in [1.29, 1.82) is 0 Å². The Hall–Kier alpha value is -1.04. The monoisotopic (exact) mass is 230 g/mol. The largest absolute Gasteiger partial charge is 0.0853 e. The first-order valence-corrected chi connectivity index (χ1v) is 7.02. The van der Waals surface area contributed by atoms with Crippen LogP contribution in [0.3, 0.4) is 0 Å². The second-order valence-electron chi connectivity index (χ2n) is 4.89. The molecule has 0 nitrogen and oxygen atoms in total. The molecular formula is C17H26. The maximum atomic E-state index is 2.42. The van der Waals surface area contributed by atoms with Crippen molar-refractivity contribution in [3.05, 3.63) is 47.5 Å². The fourth-order valence-corrected chi connectivity index (χ4v) is 2.06. The van der Waals surface area contributed by atoms with E-state index >= 15 is 0 Å². The van der Waals surface area contributed by atoms with Crippen molar-refractivity contribution in [2.75, 3.05) is 0 Å². The van der Waals surface area contributed by atoms with Gasteiger partial charge >= 0.3 is 0 Å². The predicted octanol–water partition coefficient (Wildman–Crippen LogP) is 5.54. The molecule has 0 fully saturated rings. The van der Waals surface area contributed by atoms with Crippen molar-refractivity contribution < 1.29 is 0 Å². The van der Waals surface area contributed by atoms with Gasteiger partial charge in [0.25, 0.3) is 0 Å². The summed E-state index contributed by atoms with van der Waals surface area (Å²) in [4.78, 5) is 0. The number of rotatable bonds is 8. The van der Waals surface area contributed by atoms with E-state index in [9.17, 15) is 0 Å². The van der Waals surface area contributed by atoms with Crippen LogP contribution in [-0.4, -0.2) is 0 Å². The second kappa shape index (κ2) is 9.04. The highest BCUT2D eigenvalue weighted by molar-refractivity contribution is 5.15. The SMILES string of the molecule is CCCCCC/C(C)=C\CCc1ccccc1. The van der Waals surface area contributed by atoms with Crippen molar-refractivity contribution in [2.24, 2.45) is 0 Å². The Morgan fingerprint density at radius 1 is 1.06 bits per heavy atom. The number of allylic oxidation sites excluding steroid dienone is 2. The number of hydrogen-bond acceptors (Lipinski definition) is 0. The van der Waals surface area contributed by atoms with Crippen LogP contribution in [0.4, 0.5) is 0 Å². The molecule has 1 aromatic rings. The van der Waals surface area contributed by atoms with Crippen molar-refractivity contribution in [3.8, 4) is 0 Å². The first kappa shape index (κ1) is 14.0. The van der Waals surface area contributed by atoms with Gasteiger partial charge in [0, 0.05) is 0 Å². The summed E-state index contributed by atoms with van der Waals surface area (Å²) in [6.45, 7) is 4.54. The lowest BCUT2D eigenvalue weighted by Gasteiger charge is -2.02. The van der Waals surface area contributed by atoms with Gasteiger partial charge in [-0.15, -0.1) is 0 Å². The van der Waals surface area contributed by atoms with E-state index in [4.69, 9.17) is 0 Å². The van der Waals surface area contributed by atoms with E-state index in [1.807, 2.05) is 0 Å². The van der Waals surface area contributed by atoms with Crippen molar-refractivity contribution in [2.45, 2.75) is 58.8 Å². The lowest BCUT2D eigenvalue weighted by molar-refractivity contribution is 0.663. The zero-order valence-electron chi connectivity index (χ0n) is 11.4. The first-order valence-electron chi connectivity index (χ1n) is 7.02. The summed E-state index contributed by atoms with van der Waals surface area (Å²) < 4.78 is 0. The highest BCUT2D eigenvalue weighted by Gasteiger charge is 1.93. The van der Waals surface area contributed by atoms with Gasteiger partial charge in [-0.05, 0) is 38.2 Å². The van der Waals surface area contributed by atoms with Gasteiger partial charge in [-0.25, -0.2) is 0 Å². The third-order valence-corrected chi connectivity index (χ3v) is 3.19. The van der Waals surface area contributed by atoms with Crippen LogP contribution in [0, 0.1) is 0 Å². The average Bonchev–Trinajstić information content (AvgIpc) is 2.36. The molecule has 0 radical (unpaired) electrons. The molecule has 94 valence electrons. The summed E-state index contributed by atoms with van der Waals surface area (Å²) in [5, 5.41) is 0. The van der Waals surface area contributed by atoms with Crippen LogP contribution in [0.15, 0.2) is 42.0 Å². The molecule has 0 heteroatoms. The Morgan fingerprint density at radius 3 is 2.53 bits per heavy atom. The summed E-state index contributed by atoms with van der Waals surface area (Å²) in [5.41, 5.74) is 3.01. The smallest absolute Gasteiger partial charge is 0.0244 e. The van der Waals surface area contributed by atoms with Crippen LogP contribution in [0.5, 0.6) is 0 Å². The summed E-state index contributed by atoms with van der Waals surface area (Å²) in [5.74, 6) is 0. The van der Waals surface area contributed by atoms with Gasteiger partial charge in [0.1, 0.15) is 0 Å². The van der Waals surface area contributed by atoms with Gasteiger partial charge in [-0.2, -0.15) is 0 Å². The predicted molar refractivity (Wildman–Crippen MR) is 77.3 cm³/mol. The summed E-state index contributed by atoms with van der Waals surface area (Å²) in [7, 11) is 0. The summed E-state index contributed by atoms with van der Waals surface area (Å²) >= 11 is 0. The van der Waals surface area contributed by atoms with E-state index in [1.165, 1.54) is 50.5 Å².